The Hall–Kier alpha value is -2.08. The zero-order chi connectivity index (χ0) is 26.9. The van der Waals surface area contributed by atoms with Crippen LogP contribution in [0.25, 0.3) is 0 Å². The van der Waals surface area contributed by atoms with Crippen molar-refractivity contribution in [1.82, 2.24) is 0 Å². The average Bonchev–Trinajstić information content (AvgIpc) is 2.76. The first kappa shape index (κ1) is 29.2. The van der Waals surface area contributed by atoms with Gasteiger partial charge in [0.25, 0.3) is 0 Å². The van der Waals surface area contributed by atoms with Gasteiger partial charge in [-0.1, -0.05) is 60.7 Å². The summed E-state index contributed by atoms with van der Waals surface area (Å²) in [5, 5.41) is 0.705. The van der Waals surface area contributed by atoms with E-state index in [0.29, 0.717) is 10.6 Å². The van der Waals surface area contributed by atoms with Crippen LogP contribution in [0.5, 0.6) is 0 Å². The number of benzene rings is 2. The summed E-state index contributed by atoms with van der Waals surface area (Å²) in [6.45, 7) is -1.46. The van der Waals surface area contributed by atoms with Crippen LogP contribution in [0.3, 0.4) is 0 Å². The molecule has 1 nitrogen and oxygen atoms in total. The molecule has 0 aliphatic carbocycles. The van der Waals surface area contributed by atoms with Crippen molar-refractivity contribution < 1.29 is 61.6 Å². The number of halogens is 13. The minimum Gasteiger partial charge on any atom is -0.349 e. The van der Waals surface area contributed by atoms with Gasteiger partial charge in [0.1, 0.15) is 0 Å². The second-order valence-corrected chi connectivity index (χ2v) is 8.93. The Balaban J connectivity index is 2.29. The van der Waals surface area contributed by atoms with Crippen molar-refractivity contribution in [3.8, 4) is 0 Å². The molecule has 0 aromatic heterocycles. The van der Waals surface area contributed by atoms with Gasteiger partial charge < -0.3 is 4.52 Å². The van der Waals surface area contributed by atoms with Gasteiger partial charge in [-0.25, -0.2) is 0 Å². The van der Waals surface area contributed by atoms with Crippen molar-refractivity contribution in [2.75, 3.05) is 6.61 Å². The van der Waals surface area contributed by atoms with Crippen LogP contribution in [0.15, 0.2) is 60.7 Å². The maximum absolute atomic E-state index is 14.0. The van der Waals surface area contributed by atoms with Gasteiger partial charge in [0.2, 0.25) is 0 Å². The third kappa shape index (κ3) is 5.23. The Morgan fingerprint density at radius 2 is 0.886 bits per heavy atom. The smallest absolute Gasteiger partial charge is 0.349 e. The normalized spacial score (nSPS) is 14.5. The number of alkyl halides is 13. The fourth-order valence-electron chi connectivity index (χ4n) is 2.65. The third-order valence-corrected chi connectivity index (χ3v) is 6.59. The lowest BCUT2D eigenvalue weighted by Gasteiger charge is -2.39. The molecule has 196 valence electrons. The first-order valence-corrected chi connectivity index (χ1v) is 10.6. The zero-order valence-corrected chi connectivity index (χ0v) is 17.9. The highest BCUT2D eigenvalue weighted by Crippen LogP contribution is 2.60. The van der Waals surface area contributed by atoms with E-state index in [2.05, 4.69) is 0 Å². The summed E-state index contributed by atoms with van der Waals surface area (Å²) in [4.78, 5) is 0. The molecular formula is C20H14F13OP. The second-order valence-electron chi connectivity index (χ2n) is 7.05. The molecule has 0 spiro atoms. The standard InChI is InChI=1S/C20H14F13OP/c21-15(22,16(23,24)17(25,26)18(27,28)19(29,30)20(31,32)33)11-12-34-35(13-7-3-1-4-8-13)14-9-5-2-6-10-14/h1-10H,11-12H2. The summed E-state index contributed by atoms with van der Waals surface area (Å²) in [6.07, 6.45) is -9.84. The van der Waals surface area contributed by atoms with Gasteiger partial charge in [-0.05, 0) is 0 Å². The summed E-state index contributed by atoms with van der Waals surface area (Å²) >= 11 is 0. The molecule has 0 radical (unpaired) electrons. The summed E-state index contributed by atoms with van der Waals surface area (Å²) < 4.78 is 177. The van der Waals surface area contributed by atoms with Crippen molar-refractivity contribution in [3.63, 3.8) is 0 Å². The molecule has 0 N–H and O–H groups in total. The SMILES string of the molecule is FC(F)(F)C(F)(F)C(F)(F)C(F)(F)C(F)(F)C(F)(F)CCOP(c1ccccc1)c1ccccc1. The van der Waals surface area contributed by atoms with Crippen LogP contribution < -0.4 is 10.6 Å². The maximum Gasteiger partial charge on any atom is 0.460 e. The Morgan fingerprint density at radius 1 is 0.514 bits per heavy atom. The molecule has 0 heterocycles. The molecule has 15 heteroatoms. The molecule has 2 aromatic rings. The monoisotopic (exact) mass is 548 g/mol. The number of hydrogen-bond acceptors (Lipinski definition) is 1. The summed E-state index contributed by atoms with van der Waals surface area (Å²) in [7, 11) is -2.01. The second kappa shape index (κ2) is 9.76. The summed E-state index contributed by atoms with van der Waals surface area (Å²) in [6, 6.07) is 15.0. The van der Waals surface area contributed by atoms with Gasteiger partial charge >= 0.3 is 35.8 Å². The Kier molecular flexibility index (Phi) is 8.13. The van der Waals surface area contributed by atoms with Gasteiger partial charge in [-0.3, -0.25) is 0 Å². The van der Waals surface area contributed by atoms with Crippen molar-refractivity contribution >= 4 is 18.8 Å². The molecule has 0 unspecified atom stereocenters. The van der Waals surface area contributed by atoms with Crippen LogP contribution in [-0.2, 0) is 4.52 Å². The molecule has 0 aliphatic heterocycles. The molecule has 35 heavy (non-hydrogen) atoms. The number of hydrogen-bond donors (Lipinski definition) is 0. The van der Waals surface area contributed by atoms with Crippen molar-refractivity contribution in [2.24, 2.45) is 0 Å². The predicted molar refractivity (Wildman–Crippen MR) is 100 cm³/mol. The molecule has 0 aliphatic rings. The van der Waals surface area contributed by atoms with E-state index >= 15 is 0 Å². The van der Waals surface area contributed by atoms with Gasteiger partial charge in [-0.15, -0.1) is 0 Å². The van der Waals surface area contributed by atoms with Crippen molar-refractivity contribution in [3.05, 3.63) is 60.7 Å². The fourth-order valence-corrected chi connectivity index (χ4v) is 4.41. The van der Waals surface area contributed by atoms with Gasteiger partial charge in [0.15, 0.2) is 0 Å². The third-order valence-electron chi connectivity index (χ3n) is 4.62. The molecule has 2 aromatic carbocycles. The van der Waals surface area contributed by atoms with Gasteiger partial charge in [-0.2, -0.15) is 57.1 Å². The lowest BCUT2D eigenvalue weighted by Crippen LogP contribution is -2.70. The highest BCUT2D eigenvalue weighted by molar-refractivity contribution is 7.68. The highest BCUT2D eigenvalue weighted by Gasteiger charge is 2.90. The van der Waals surface area contributed by atoms with E-state index in [9.17, 15) is 57.1 Å². The molecular weight excluding hydrogens is 534 g/mol. The first-order valence-electron chi connectivity index (χ1n) is 9.30. The Labute approximate surface area is 190 Å². The number of rotatable bonds is 10. The Bertz CT molecular complexity index is 922. The largest absolute Gasteiger partial charge is 0.460 e. The predicted octanol–water partition coefficient (Wildman–Crippen LogP) is 7.18. The molecule has 2 rings (SSSR count). The lowest BCUT2D eigenvalue weighted by molar-refractivity contribution is -0.440. The molecule has 0 saturated heterocycles. The topological polar surface area (TPSA) is 9.23 Å². The average molecular weight is 548 g/mol. The molecule has 0 atom stereocenters. The molecule has 0 bridgehead atoms. The first-order chi connectivity index (χ1) is 15.8. The summed E-state index contributed by atoms with van der Waals surface area (Å²) in [5.41, 5.74) is 0. The van der Waals surface area contributed by atoms with Crippen LogP contribution in [0, 0.1) is 0 Å². The van der Waals surface area contributed by atoms with Crippen LogP contribution >= 0.6 is 8.15 Å². The van der Waals surface area contributed by atoms with Gasteiger partial charge in [0, 0.05) is 17.0 Å². The zero-order valence-electron chi connectivity index (χ0n) is 17.0. The Morgan fingerprint density at radius 3 is 1.26 bits per heavy atom. The van der Waals surface area contributed by atoms with Gasteiger partial charge in [0.05, 0.1) is 14.8 Å². The van der Waals surface area contributed by atoms with Crippen LogP contribution in [0.4, 0.5) is 57.1 Å². The van der Waals surface area contributed by atoms with Crippen LogP contribution in [0.1, 0.15) is 6.42 Å². The van der Waals surface area contributed by atoms with E-state index in [1.807, 2.05) is 0 Å². The molecule has 0 saturated carbocycles. The van der Waals surface area contributed by atoms with Crippen LogP contribution in [-0.4, -0.2) is 42.4 Å². The van der Waals surface area contributed by atoms with Crippen LogP contribution in [0.2, 0.25) is 0 Å². The van der Waals surface area contributed by atoms with Crippen molar-refractivity contribution in [2.45, 2.75) is 42.2 Å². The minimum absolute atomic E-state index is 0.352. The van der Waals surface area contributed by atoms with E-state index in [1.54, 1.807) is 12.1 Å². The maximum atomic E-state index is 14.0. The van der Waals surface area contributed by atoms with E-state index in [0.717, 1.165) is 0 Å². The molecule has 0 amide bonds. The van der Waals surface area contributed by atoms with E-state index in [4.69, 9.17) is 4.52 Å². The minimum atomic E-state index is -7.91. The summed E-state index contributed by atoms with van der Waals surface area (Å²) in [5.74, 6) is -36.9. The molecule has 0 fully saturated rings. The van der Waals surface area contributed by atoms with E-state index in [1.165, 1.54) is 48.5 Å². The fraction of sp³-hybridized carbons (Fsp3) is 0.400. The quantitative estimate of drug-likeness (QED) is 0.226. The van der Waals surface area contributed by atoms with E-state index < -0.39 is 57.0 Å². The lowest BCUT2D eigenvalue weighted by atomic mass is 9.93. The van der Waals surface area contributed by atoms with Crippen molar-refractivity contribution in [1.29, 1.82) is 0 Å². The van der Waals surface area contributed by atoms with E-state index in [-0.39, 0.29) is 0 Å². The highest BCUT2D eigenvalue weighted by atomic mass is 31.1.